The van der Waals surface area contributed by atoms with Gasteiger partial charge in [-0.2, -0.15) is 5.10 Å². The largest absolute Gasteiger partial charge is 0.365 e. The van der Waals surface area contributed by atoms with Gasteiger partial charge in [0.15, 0.2) is 5.65 Å². The van der Waals surface area contributed by atoms with Gasteiger partial charge in [-0.15, -0.1) is 0 Å². The molecule has 0 atom stereocenters. The molecule has 0 unspecified atom stereocenters. The van der Waals surface area contributed by atoms with E-state index in [1.807, 2.05) is 0 Å². The molecule has 60 valence electrons. The predicted molar refractivity (Wildman–Crippen MR) is 39.3 cm³/mol. The van der Waals surface area contributed by atoms with E-state index >= 15 is 0 Å². The van der Waals surface area contributed by atoms with Crippen molar-refractivity contribution in [1.82, 2.24) is 19.6 Å². The number of nitrogens with two attached hydrogens (primary N) is 1. The summed E-state index contributed by atoms with van der Waals surface area (Å²) in [6, 6.07) is 0. The van der Waals surface area contributed by atoms with Gasteiger partial charge < -0.3 is 5.73 Å². The number of hydrogen-bond donors (Lipinski definition) is 1. The molecule has 6 nitrogen and oxygen atoms in total. The molecule has 0 aliphatic heterocycles. The van der Waals surface area contributed by atoms with E-state index in [0.29, 0.717) is 11.2 Å². The molecule has 0 fully saturated rings. The highest BCUT2D eigenvalue weighted by molar-refractivity contribution is 5.98. The van der Waals surface area contributed by atoms with Crippen molar-refractivity contribution in [2.45, 2.75) is 0 Å². The molecule has 2 aromatic heterocycles. The molecule has 2 aromatic rings. The van der Waals surface area contributed by atoms with Crippen LogP contribution in [0.25, 0.3) is 5.65 Å². The molecule has 0 bridgehead atoms. The fourth-order valence-electron chi connectivity index (χ4n) is 0.924. The lowest BCUT2D eigenvalue weighted by Gasteiger charge is -1.90. The Balaban J connectivity index is 2.79. The fraction of sp³-hybridized carbons (Fsp3) is 0. The lowest BCUT2D eigenvalue weighted by molar-refractivity contribution is 0.100. The van der Waals surface area contributed by atoms with Crippen molar-refractivity contribution in [3.63, 3.8) is 0 Å². The molecule has 0 aromatic carbocycles. The molecular weight excluding hydrogens is 158 g/mol. The van der Waals surface area contributed by atoms with E-state index in [0.717, 1.165) is 0 Å². The van der Waals surface area contributed by atoms with E-state index in [-0.39, 0.29) is 0 Å². The van der Waals surface area contributed by atoms with Crippen LogP contribution in [0.5, 0.6) is 0 Å². The summed E-state index contributed by atoms with van der Waals surface area (Å²) >= 11 is 0. The van der Waals surface area contributed by atoms with Crippen LogP contribution in [-0.4, -0.2) is 25.5 Å². The minimum Gasteiger partial charge on any atom is -0.365 e. The number of fused-ring (bicyclic) bond motifs is 1. The molecule has 0 saturated heterocycles. The minimum atomic E-state index is -0.538. The van der Waals surface area contributed by atoms with Crippen LogP contribution in [0, 0.1) is 0 Å². The highest BCUT2D eigenvalue weighted by atomic mass is 16.1. The highest BCUT2D eigenvalue weighted by Crippen LogP contribution is 2.03. The van der Waals surface area contributed by atoms with Crippen LogP contribution in [0.4, 0.5) is 0 Å². The van der Waals surface area contributed by atoms with Crippen LogP contribution in [0.3, 0.4) is 0 Å². The van der Waals surface area contributed by atoms with Crippen LogP contribution in [-0.2, 0) is 0 Å². The van der Waals surface area contributed by atoms with Crippen molar-refractivity contribution < 1.29 is 4.79 Å². The van der Waals surface area contributed by atoms with Crippen LogP contribution >= 0.6 is 0 Å². The summed E-state index contributed by atoms with van der Waals surface area (Å²) in [4.78, 5) is 18.4. The second-order valence-corrected chi connectivity index (χ2v) is 2.20. The molecule has 2 N–H and O–H groups in total. The summed E-state index contributed by atoms with van der Waals surface area (Å²) < 4.78 is 1.39. The molecule has 0 saturated carbocycles. The van der Waals surface area contributed by atoms with E-state index in [1.54, 1.807) is 0 Å². The van der Waals surface area contributed by atoms with Gasteiger partial charge in [0, 0.05) is 0 Å². The standard InChI is InChI=1S/C6H5N5O/c7-5(12)4-1-10-11-3-8-2-9-6(4)11/h1-3H,(H2,7,12). The van der Waals surface area contributed by atoms with Crippen LogP contribution < -0.4 is 5.73 Å². The minimum absolute atomic E-state index is 0.303. The highest BCUT2D eigenvalue weighted by Gasteiger charge is 2.08. The van der Waals surface area contributed by atoms with Gasteiger partial charge >= 0.3 is 0 Å². The zero-order valence-electron chi connectivity index (χ0n) is 6.01. The Morgan fingerprint density at radius 3 is 3.17 bits per heavy atom. The second-order valence-electron chi connectivity index (χ2n) is 2.20. The molecule has 0 aliphatic carbocycles. The molecule has 0 aliphatic rings. The van der Waals surface area contributed by atoms with Crippen LogP contribution in [0.1, 0.15) is 10.4 Å². The van der Waals surface area contributed by atoms with Crippen LogP contribution in [0.15, 0.2) is 18.9 Å². The maximum Gasteiger partial charge on any atom is 0.254 e. The van der Waals surface area contributed by atoms with Crippen molar-refractivity contribution in [2.75, 3.05) is 0 Å². The molecule has 6 heteroatoms. The average Bonchev–Trinajstić information content (AvgIpc) is 2.47. The first-order valence-electron chi connectivity index (χ1n) is 3.22. The Morgan fingerprint density at radius 1 is 1.58 bits per heavy atom. The number of nitrogens with zero attached hydrogens (tertiary/aromatic N) is 4. The number of hydrogen-bond acceptors (Lipinski definition) is 4. The summed E-state index contributed by atoms with van der Waals surface area (Å²) in [5.74, 6) is -0.538. The third-order valence-corrected chi connectivity index (χ3v) is 1.46. The number of aromatic nitrogens is 4. The maximum atomic E-state index is 10.8. The quantitative estimate of drug-likeness (QED) is 0.597. The van der Waals surface area contributed by atoms with Gasteiger partial charge in [0.2, 0.25) is 0 Å². The Morgan fingerprint density at radius 2 is 2.42 bits per heavy atom. The normalized spacial score (nSPS) is 10.3. The first-order chi connectivity index (χ1) is 5.79. The van der Waals surface area contributed by atoms with Crippen molar-refractivity contribution in [1.29, 1.82) is 0 Å². The molecule has 2 rings (SSSR count). The van der Waals surface area contributed by atoms with Crippen molar-refractivity contribution in [3.8, 4) is 0 Å². The number of carbonyl (C=O) groups is 1. The number of carbonyl (C=O) groups excluding carboxylic acids is 1. The monoisotopic (exact) mass is 163 g/mol. The van der Waals surface area contributed by atoms with Gasteiger partial charge in [-0.3, -0.25) is 4.79 Å². The molecule has 12 heavy (non-hydrogen) atoms. The summed E-state index contributed by atoms with van der Waals surface area (Å²) in [5, 5.41) is 3.83. The van der Waals surface area contributed by atoms with E-state index < -0.39 is 5.91 Å². The van der Waals surface area contributed by atoms with E-state index in [9.17, 15) is 4.79 Å². The average molecular weight is 163 g/mol. The van der Waals surface area contributed by atoms with E-state index in [2.05, 4.69) is 15.1 Å². The van der Waals surface area contributed by atoms with Crippen molar-refractivity contribution in [2.24, 2.45) is 5.73 Å². The first-order valence-corrected chi connectivity index (χ1v) is 3.22. The lowest BCUT2D eigenvalue weighted by atomic mass is 10.3. The molecule has 1 amide bonds. The molecular formula is C6H5N5O. The third kappa shape index (κ3) is 0.815. The van der Waals surface area contributed by atoms with Gasteiger partial charge in [0.25, 0.3) is 5.91 Å². The third-order valence-electron chi connectivity index (χ3n) is 1.46. The lowest BCUT2D eigenvalue weighted by Crippen LogP contribution is -2.10. The number of rotatable bonds is 1. The van der Waals surface area contributed by atoms with Gasteiger partial charge in [0.05, 0.1) is 6.20 Å². The van der Waals surface area contributed by atoms with Gasteiger partial charge in [-0.1, -0.05) is 0 Å². The van der Waals surface area contributed by atoms with E-state index in [1.165, 1.54) is 23.4 Å². The zero-order chi connectivity index (χ0) is 8.55. The molecule has 0 radical (unpaired) electrons. The van der Waals surface area contributed by atoms with Crippen molar-refractivity contribution >= 4 is 11.6 Å². The molecule has 2 heterocycles. The smallest absolute Gasteiger partial charge is 0.254 e. The van der Waals surface area contributed by atoms with Gasteiger partial charge in [-0.05, 0) is 0 Å². The molecule has 0 spiro atoms. The maximum absolute atomic E-state index is 10.8. The Labute approximate surface area is 67.0 Å². The van der Waals surface area contributed by atoms with E-state index in [4.69, 9.17) is 5.73 Å². The van der Waals surface area contributed by atoms with Gasteiger partial charge in [0.1, 0.15) is 18.2 Å². The Kier molecular flexibility index (Phi) is 1.26. The topological polar surface area (TPSA) is 86.2 Å². The summed E-state index contributed by atoms with van der Waals surface area (Å²) in [6.45, 7) is 0. The Hall–Kier alpha value is -1.98. The fourth-order valence-corrected chi connectivity index (χ4v) is 0.924. The van der Waals surface area contributed by atoms with Crippen molar-refractivity contribution in [3.05, 3.63) is 24.4 Å². The van der Waals surface area contributed by atoms with Crippen LogP contribution in [0.2, 0.25) is 0 Å². The number of primary amides is 1. The Bertz CT molecular complexity index is 434. The first kappa shape index (κ1) is 6.71. The summed E-state index contributed by atoms with van der Waals surface area (Å²) in [6.07, 6.45) is 4.16. The summed E-state index contributed by atoms with van der Waals surface area (Å²) in [5.41, 5.74) is 5.80. The second kappa shape index (κ2) is 2.26. The number of amides is 1. The van der Waals surface area contributed by atoms with Gasteiger partial charge in [-0.25, -0.2) is 14.5 Å². The summed E-state index contributed by atoms with van der Waals surface area (Å²) in [7, 11) is 0. The zero-order valence-corrected chi connectivity index (χ0v) is 6.01. The SMILES string of the molecule is NC(=O)c1cnn2cncnc12. The predicted octanol–water partition coefficient (Wildman–Crippen LogP) is -0.777.